The number of halogens is 1. The summed E-state index contributed by atoms with van der Waals surface area (Å²) in [6.07, 6.45) is 8.77. The van der Waals surface area contributed by atoms with Gasteiger partial charge in [-0.25, -0.2) is 9.18 Å². The standard InChI is InChI=1S/C23H34FN3O/c1-3-25(4-2)22(28)27-17-23(20-16-18(24)10-11-21(20)27)12-14-26(15-13-23)19-8-6-5-7-9-19/h10-11,16,19H,3-9,12-15,17H2,1-2H3. The van der Waals surface area contributed by atoms with Gasteiger partial charge < -0.3 is 9.80 Å². The number of amides is 2. The molecule has 3 aliphatic rings. The average molecular weight is 388 g/mol. The molecule has 1 aromatic rings. The number of benzene rings is 1. The molecule has 1 aliphatic carbocycles. The summed E-state index contributed by atoms with van der Waals surface area (Å²) in [4.78, 5) is 19.6. The third kappa shape index (κ3) is 3.42. The molecule has 4 rings (SSSR count). The molecule has 2 heterocycles. The Labute approximate surface area is 168 Å². The van der Waals surface area contributed by atoms with Crippen molar-refractivity contribution in [2.45, 2.75) is 70.3 Å². The summed E-state index contributed by atoms with van der Waals surface area (Å²) in [6.45, 7) is 8.25. The second-order valence-electron chi connectivity index (χ2n) is 8.81. The number of likely N-dealkylation sites (tertiary alicyclic amines) is 1. The molecule has 0 radical (unpaired) electrons. The van der Waals surface area contributed by atoms with E-state index in [1.165, 1.54) is 38.2 Å². The molecule has 0 unspecified atom stereocenters. The number of fused-ring (bicyclic) bond motifs is 2. The van der Waals surface area contributed by atoms with Gasteiger partial charge in [0.25, 0.3) is 0 Å². The zero-order valence-corrected chi connectivity index (χ0v) is 17.4. The summed E-state index contributed by atoms with van der Waals surface area (Å²) < 4.78 is 14.2. The van der Waals surface area contributed by atoms with Gasteiger partial charge in [0, 0.05) is 36.8 Å². The van der Waals surface area contributed by atoms with E-state index in [9.17, 15) is 9.18 Å². The molecule has 2 amide bonds. The van der Waals surface area contributed by atoms with Gasteiger partial charge in [-0.1, -0.05) is 19.3 Å². The lowest BCUT2D eigenvalue weighted by Gasteiger charge is -2.44. The van der Waals surface area contributed by atoms with Crippen LogP contribution in [0.5, 0.6) is 0 Å². The van der Waals surface area contributed by atoms with Crippen LogP contribution in [0.25, 0.3) is 0 Å². The SMILES string of the molecule is CCN(CC)C(=O)N1CC2(CCN(C3CCCCC3)CC2)c2cc(F)ccc21. The largest absolute Gasteiger partial charge is 0.325 e. The molecule has 0 aromatic heterocycles. The van der Waals surface area contributed by atoms with Crippen LogP contribution in [0.4, 0.5) is 14.9 Å². The fourth-order valence-corrected chi connectivity index (χ4v) is 5.67. The molecular formula is C23H34FN3O. The molecular weight excluding hydrogens is 353 g/mol. The quantitative estimate of drug-likeness (QED) is 0.747. The third-order valence-corrected chi connectivity index (χ3v) is 7.39. The predicted molar refractivity (Wildman–Crippen MR) is 111 cm³/mol. The fraction of sp³-hybridized carbons (Fsp3) is 0.696. The van der Waals surface area contributed by atoms with Gasteiger partial charge in [-0.3, -0.25) is 4.90 Å². The Bertz CT molecular complexity index is 704. The van der Waals surface area contributed by atoms with Crippen LogP contribution in [-0.4, -0.2) is 54.6 Å². The Hall–Kier alpha value is -1.62. The second-order valence-corrected chi connectivity index (χ2v) is 8.81. The molecule has 2 aliphatic heterocycles. The Balaban J connectivity index is 1.57. The van der Waals surface area contributed by atoms with Crippen LogP contribution in [-0.2, 0) is 5.41 Å². The van der Waals surface area contributed by atoms with Crippen molar-refractivity contribution in [1.29, 1.82) is 0 Å². The van der Waals surface area contributed by atoms with E-state index in [-0.39, 0.29) is 17.3 Å². The second kappa shape index (κ2) is 8.02. The Kier molecular flexibility index (Phi) is 5.64. The first-order valence-electron chi connectivity index (χ1n) is 11.2. The maximum Gasteiger partial charge on any atom is 0.324 e. The Morgan fingerprint density at radius 1 is 1.14 bits per heavy atom. The molecule has 2 fully saturated rings. The van der Waals surface area contributed by atoms with Gasteiger partial charge in [-0.2, -0.15) is 0 Å². The highest BCUT2D eigenvalue weighted by Gasteiger charge is 2.47. The van der Waals surface area contributed by atoms with Crippen molar-refractivity contribution in [2.24, 2.45) is 0 Å². The molecule has 1 spiro atoms. The molecule has 1 saturated heterocycles. The predicted octanol–water partition coefficient (Wildman–Crippen LogP) is 4.77. The molecule has 1 saturated carbocycles. The monoisotopic (exact) mass is 387 g/mol. The fourth-order valence-electron chi connectivity index (χ4n) is 5.67. The van der Waals surface area contributed by atoms with E-state index in [2.05, 4.69) is 4.90 Å². The van der Waals surface area contributed by atoms with Crippen molar-refractivity contribution in [2.75, 3.05) is 37.6 Å². The van der Waals surface area contributed by atoms with Crippen molar-refractivity contribution in [3.05, 3.63) is 29.6 Å². The molecule has 28 heavy (non-hydrogen) atoms. The number of carbonyl (C=O) groups excluding carboxylic acids is 1. The maximum atomic E-state index is 14.2. The molecule has 0 N–H and O–H groups in total. The van der Waals surface area contributed by atoms with Gasteiger partial charge in [-0.15, -0.1) is 0 Å². The van der Waals surface area contributed by atoms with Crippen molar-refractivity contribution in [3.63, 3.8) is 0 Å². The summed E-state index contributed by atoms with van der Waals surface area (Å²) in [5, 5.41) is 0. The Morgan fingerprint density at radius 3 is 2.46 bits per heavy atom. The lowest BCUT2D eigenvalue weighted by molar-refractivity contribution is 0.0967. The zero-order valence-electron chi connectivity index (χ0n) is 17.4. The number of hydrogen-bond acceptors (Lipinski definition) is 2. The van der Waals surface area contributed by atoms with E-state index >= 15 is 0 Å². The number of piperidine rings is 1. The lowest BCUT2D eigenvalue weighted by atomic mass is 9.73. The van der Waals surface area contributed by atoms with Crippen LogP contribution in [0, 0.1) is 5.82 Å². The molecule has 154 valence electrons. The third-order valence-electron chi connectivity index (χ3n) is 7.39. The molecule has 4 nitrogen and oxygen atoms in total. The minimum atomic E-state index is -0.190. The number of anilines is 1. The van der Waals surface area contributed by atoms with Crippen LogP contribution < -0.4 is 4.90 Å². The van der Waals surface area contributed by atoms with E-state index in [4.69, 9.17) is 0 Å². The normalized spacial score (nSPS) is 22.5. The van der Waals surface area contributed by atoms with Gasteiger partial charge >= 0.3 is 6.03 Å². The van der Waals surface area contributed by atoms with Crippen molar-refractivity contribution >= 4 is 11.7 Å². The summed E-state index contributed by atoms with van der Waals surface area (Å²) in [7, 11) is 0. The highest BCUT2D eigenvalue weighted by Crippen LogP contribution is 2.48. The number of urea groups is 1. The van der Waals surface area contributed by atoms with Gasteiger partial charge in [-0.05, 0) is 76.4 Å². The lowest BCUT2D eigenvalue weighted by Crippen LogP contribution is -2.50. The van der Waals surface area contributed by atoms with Crippen LogP contribution in [0.2, 0.25) is 0 Å². The highest BCUT2D eigenvalue weighted by molar-refractivity contribution is 5.95. The van der Waals surface area contributed by atoms with Gasteiger partial charge in [0.05, 0.1) is 0 Å². The van der Waals surface area contributed by atoms with Crippen LogP contribution in [0.3, 0.4) is 0 Å². The first kappa shape index (κ1) is 19.7. The van der Waals surface area contributed by atoms with Crippen molar-refractivity contribution < 1.29 is 9.18 Å². The summed E-state index contributed by atoms with van der Waals surface area (Å²) >= 11 is 0. The minimum Gasteiger partial charge on any atom is -0.325 e. The first-order chi connectivity index (χ1) is 13.6. The number of nitrogens with zero attached hydrogens (tertiary/aromatic N) is 3. The van der Waals surface area contributed by atoms with Crippen molar-refractivity contribution in [3.8, 4) is 0 Å². The molecule has 1 aromatic carbocycles. The van der Waals surface area contributed by atoms with E-state index < -0.39 is 0 Å². The number of hydrogen-bond donors (Lipinski definition) is 0. The highest BCUT2D eigenvalue weighted by atomic mass is 19.1. The average Bonchev–Trinajstić information content (AvgIpc) is 3.03. The van der Waals surface area contributed by atoms with E-state index in [0.717, 1.165) is 43.2 Å². The number of carbonyl (C=O) groups is 1. The maximum absolute atomic E-state index is 14.2. The first-order valence-corrected chi connectivity index (χ1v) is 11.2. The van der Waals surface area contributed by atoms with Crippen LogP contribution in [0.1, 0.15) is 64.4 Å². The van der Waals surface area contributed by atoms with Gasteiger partial charge in [0.1, 0.15) is 5.82 Å². The summed E-state index contributed by atoms with van der Waals surface area (Å²) in [6, 6.07) is 5.80. The van der Waals surface area contributed by atoms with E-state index in [0.29, 0.717) is 19.6 Å². The number of rotatable bonds is 3. The van der Waals surface area contributed by atoms with Crippen molar-refractivity contribution in [1.82, 2.24) is 9.80 Å². The van der Waals surface area contributed by atoms with Crippen LogP contribution in [0.15, 0.2) is 18.2 Å². The Morgan fingerprint density at radius 2 is 1.82 bits per heavy atom. The molecule has 0 atom stereocenters. The summed E-state index contributed by atoms with van der Waals surface area (Å²) in [5.41, 5.74) is 1.88. The van der Waals surface area contributed by atoms with Crippen LogP contribution >= 0.6 is 0 Å². The topological polar surface area (TPSA) is 26.8 Å². The van der Waals surface area contributed by atoms with Gasteiger partial charge in [0.15, 0.2) is 0 Å². The molecule has 0 bridgehead atoms. The minimum absolute atomic E-state index is 0.0597. The molecule has 5 heteroatoms. The van der Waals surface area contributed by atoms with Gasteiger partial charge in [0.2, 0.25) is 0 Å². The smallest absolute Gasteiger partial charge is 0.324 e. The zero-order chi connectivity index (χ0) is 19.7. The van der Waals surface area contributed by atoms with E-state index in [1.807, 2.05) is 29.7 Å². The summed E-state index contributed by atoms with van der Waals surface area (Å²) in [5.74, 6) is -0.190. The van der Waals surface area contributed by atoms with E-state index in [1.54, 1.807) is 6.07 Å².